The van der Waals surface area contributed by atoms with Crippen LogP contribution in [0.5, 0.6) is 0 Å². The quantitative estimate of drug-likeness (QED) is 0.866. The topological polar surface area (TPSA) is 34.0 Å². The Labute approximate surface area is 148 Å². The van der Waals surface area contributed by atoms with Crippen molar-refractivity contribution in [2.75, 3.05) is 0 Å². The first-order valence-electron chi connectivity index (χ1n) is 8.50. The Morgan fingerprint density at radius 1 is 1.20 bits per heavy atom. The molecule has 25 heavy (non-hydrogen) atoms. The predicted molar refractivity (Wildman–Crippen MR) is 96.0 cm³/mol. The molecule has 3 nitrogen and oxygen atoms in total. The van der Waals surface area contributed by atoms with Crippen molar-refractivity contribution < 1.29 is 13.6 Å². The molecule has 0 saturated heterocycles. The molecule has 2 aromatic rings. The lowest BCUT2D eigenvalue weighted by atomic mass is 10.1. The number of hydrogen-bond acceptors (Lipinski definition) is 1. The molecule has 0 spiro atoms. The molecule has 136 valence electrons. The summed E-state index contributed by atoms with van der Waals surface area (Å²) in [6.07, 6.45) is 0.784. The van der Waals surface area contributed by atoms with E-state index in [0.29, 0.717) is 11.3 Å². The van der Waals surface area contributed by atoms with E-state index < -0.39 is 11.6 Å². The van der Waals surface area contributed by atoms with Crippen molar-refractivity contribution in [2.45, 2.75) is 60.0 Å². The highest BCUT2D eigenvalue weighted by atomic mass is 19.1. The van der Waals surface area contributed by atoms with Gasteiger partial charge in [0.1, 0.15) is 17.3 Å². The molecule has 0 unspecified atom stereocenters. The number of benzene rings is 1. The SMILES string of the molecule is CCc1c(C)c(C(=O)NC(C)(C)C)n(Cc2ccc(F)cc2F)c1C. The Morgan fingerprint density at radius 3 is 2.36 bits per heavy atom. The molecule has 0 aliphatic rings. The largest absolute Gasteiger partial charge is 0.346 e. The van der Waals surface area contributed by atoms with E-state index in [0.717, 1.165) is 29.3 Å². The molecule has 1 aromatic heterocycles. The minimum atomic E-state index is -0.610. The standard InChI is InChI=1S/C20H26F2N2O/c1-7-16-12(2)18(19(25)23-20(4,5)6)24(13(16)3)11-14-8-9-15(21)10-17(14)22/h8-10H,7,11H2,1-6H3,(H,23,25). The zero-order chi connectivity index (χ0) is 18.9. The van der Waals surface area contributed by atoms with Crippen LogP contribution in [0.25, 0.3) is 0 Å². The second-order valence-electron chi connectivity index (χ2n) is 7.42. The predicted octanol–water partition coefficient (Wildman–Crippen LogP) is 4.52. The number of amides is 1. The molecular formula is C20H26F2N2O. The maximum absolute atomic E-state index is 14.1. The number of nitrogens with zero attached hydrogens (tertiary/aromatic N) is 1. The smallest absolute Gasteiger partial charge is 0.268 e. The molecule has 0 atom stereocenters. The van der Waals surface area contributed by atoms with Crippen molar-refractivity contribution in [1.82, 2.24) is 9.88 Å². The number of halogens is 2. The fraction of sp³-hybridized carbons (Fsp3) is 0.450. The van der Waals surface area contributed by atoms with Crippen LogP contribution in [0.4, 0.5) is 8.78 Å². The fourth-order valence-electron chi connectivity index (χ4n) is 3.18. The van der Waals surface area contributed by atoms with Crippen molar-refractivity contribution in [3.05, 3.63) is 57.9 Å². The Hall–Kier alpha value is -2.17. The summed E-state index contributed by atoms with van der Waals surface area (Å²) < 4.78 is 29.1. The van der Waals surface area contributed by atoms with Crippen LogP contribution in [-0.4, -0.2) is 16.0 Å². The van der Waals surface area contributed by atoms with Crippen molar-refractivity contribution >= 4 is 5.91 Å². The third-order valence-electron chi connectivity index (χ3n) is 4.32. The van der Waals surface area contributed by atoms with Crippen LogP contribution in [0.1, 0.15) is 60.6 Å². The highest BCUT2D eigenvalue weighted by Crippen LogP contribution is 2.25. The molecule has 0 bridgehead atoms. The van der Waals surface area contributed by atoms with Gasteiger partial charge in [-0.15, -0.1) is 0 Å². The second kappa shape index (κ2) is 6.98. The van der Waals surface area contributed by atoms with Gasteiger partial charge in [-0.25, -0.2) is 8.78 Å². The third-order valence-corrected chi connectivity index (χ3v) is 4.32. The van der Waals surface area contributed by atoms with Gasteiger partial charge in [0.25, 0.3) is 5.91 Å². The Bertz CT molecular complexity index is 801. The van der Waals surface area contributed by atoms with Crippen LogP contribution in [0, 0.1) is 25.5 Å². The van der Waals surface area contributed by atoms with Gasteiger partial charge in [-0.2, -0.15) is 0 Å². The van der Waals surface area contributed by atoms with Crippen LogP contribution < -0.4 is 5.32 Å². The van der Waals surface area contributed by atoms with E-state index in [1.807, 2.05) is 46.1 Å². The molecule has 1 N–H and O–H groups in total. The highest BCUT2D eigenvalue weighted by Gasteiger charge is 2.25. The van der Waals surface area contributed by atoms with E-state index in [9.17, 15) is 13.6 Å². The van der Waals surface area contributed by atoms with Gasteiger partial charge < -0.3 is 9.88 Å². The molecular weight excluding hydrogens is 322 g/mol. The fourth-order valence-corrected chi connectivity index (χ4v) is 3.18. The summed E-state index contributed by atoms with van der Waals surface area (Å²) in [7, 11) is 0. The van der Waals surface area contributed by atoms with Gasteiger partial charge in [-0.1, -0.05) is 13.0 Å². The molecule has 0 aliphatic carbocycles. The van der Waals surface area contributed by atoms with Crippen LogP contribution in [-0.2, 0) is 13.0 Å². The molecule has 5 heteroatoms. The van der Waals surface area contributed by atoms with Gasteiger partial charge in [-0.05, 0) is 58.2 Å². The first-order chi connectivity index (χ1) is 11.5. The summed E-state index contributed by atoms with van der Waals surface area (Å²) in [5, 5.41) is 2.98. The molecule has 1 amide bonds. The second-order valence-corrected chi connectivity index (χ2v) is 7.42. The lowest BCUT2D eigenvalue weighted by Gasteiger charge is -2.22. The summed E-state index contributed by atoms with van der Waals surface area (Å²) in [6, 6.07) is 3.53. The van der Waals surface area contributed by atoms with E-state index in [4.69, 9.17) is 0 Å². The molecule has 1 heterocycles. The van der Waals surface area contributed by atoms with Crippen LogP contribution in [0.3, 0.4) is 0 Å². The number of carbonyl (C=O) groups is 1. The lowest BCUT2D eigenvalue weighted by Crippen LogP contribution is -2.41. The van der Waals surface area contributed by atoms with Crippen molar-refractivity contribution in [3.63, 3.8) is 0 Å². The molecule has 2 rings (SSSR count). The summed E-state index contributed by atoms with van der Waals surface area (Å²) >= 11 is 0. The minimum absolute atomic E-state index is 0.185. The zero-order valence-corrected chi connectivity index (χ0v) is 15.8. The van der Waals surface area contributed by atoms with Gasteiger partial charge in [0.2, 0.25) is 0 Å². The Balaban J connectivity index is 2.54. The number of hydrogen-bond donors (Lipinski definition) is 1. The van der Waals surface area contributed by atoms with Crippen LogP contribution in [0.15, 0.2) is 18.2 Å². The maximum Gasteiger partial charge on any atom is 0.268 e. The Morgan fingerprint density at radius 2 is 1.84 bits per heavy atom. The van der Waals surface area contributed by atoms with Crippen LogP contribution in [0.2, 0.25) is 0 Å². The number of carbonyl (C=O) groups excluding carboxylic acids is 1. The molecule has 0 fully saturated rings. The van der Waals surface area contributed by atoms with E-state index in [2.05, 4.69) is 5.32 Å². The van der Waals surface area contributed by atoms with E-state index in [-0.39, 0.29) is 18.0 Å². The maximum atomic E-state index is 14.1. The first-order valence-corrected chi connectivity index (χ1v) is 8.50. The van der Waals surface area contributed by atoms with E-state index >= 15 is 0 Å². The van der Waals surface area contributed by atoms with Gasteiger partial charge in [0.15, 0.2) is 0 Å². The van der Waals surface area contributed by atoms with E-state index in [1.165, 1.54) is 12.1 Å². The number of aromatic nitrogens is 1. The highest BCUT2D eigenvalue weighted by molar-refractivity contribution is 5.95. The zero-order valence-electron chi connectivity index (χ0n) is 15.8. The van der Waals surface area contributed by atoms with Crippen molar-refractivity contribution in [1.29, 1.82) is 0 Å². The number of nitrogens with one attached hydrogen (secondary N) is 1. The van der Waals surface area contributed by atoms with Gasteiger partial charge in [0, 0.05) is 22.9 Å². The van der Waals surface area contributed by atoms with Gasteiger partial charge >= 0.3 is 0 Å². The number of rotatable bonds is 4. The summed E-state index contributed by atoms with van der Waals surface area (Å²) in [5.41, 5.74) is 3.44. The Kier molecular flexibility index (Phi) is 5.35. The molecule has 0 aliphatic heterocycles. The molecule has 0 saturated carbocycles. The van der Waals surface area contributed by atoms with Crippen molar-refractivity contribution in [2.24, 2.45) is 0 Å². The van der Waals surface area contributed by atoms with Crippen LogP contribution >= 0.6 is 0 Å². The molecule has 1 aromatic carbocycles. The minimum Gasteiger partial charge on any atom is -0.346 e. The third kappa shape index (κ3) is 4.09. The summed E-state index contributed by atoms with van der Waals surface area (Å²) in [4.78, 5) is 12.8. The summed E-state index contributed by atoms with van der Waals surface area (Å²) in [6.45, 7) is 11.8. The lowest BCUT2D eigenvalue weighted by molar-refractivity contribution is 0.0909. The summed E-state index contributed by atoms with van der Waals surface area (Å²) in [5.74, 6) is -1.40. The molecule has 0 radical (unpaired) electrons. The van der Waals surface area contributed by atoms with E-state index in [1.54, 1.807) is 0 Å². The van der Waals surface area contributed by atoms with Crippen molar-refractivity contribution in [3.8, 4) is 0 Å². The van der Waals surface area contributed by atoms with Gasteiger partial charge in [0.05, 0.1) is 6.54 Å². The monoisotopic (exact) mass is 348 g/mol. The average Bonchev–Trinajstić information content (AvgIpc) is 2.70. The van der Waals surface area contributed by atoms with Gasteiger partial charge in [-0.3, -0.25) is 4.79 Å². The normalized spacial score (nSPS) is 11.7. The first kappa shape index (κ1) is 19.2. The average molecular weight is 348 g/mol.